The van der Waals surface area contributed by atoms with Crippen LogP contribution in [-0.4, -0.2) is 12.0 Å². The van der Waals surface area contributed by atoms with Crippen LogP contribution in [-0.2, 0) is 7.05 Å². The largest absolute Gasteiger partial charge is 0.342 e. The number of fused-ring (bicyclic) bond motifs is 2. The third kappa shape index (κ3) is 2.61. The van der Waals surface area contributed by atoms with Gasteiger partial charge in [0.15, 0.2) is 0 Å². The van der Waals surface area contributed by atoms with Crippen LogP contribution in [0, 0.1) is 0 Å². The van der Waals surface area contributed by atoms with E-state index in [2.05, 4.69) is 18.2 Å². The highest BCUT2D eigenvalue weighted by atomic mass is 35.5. The van der Waals surface area contributed by atoms with Crippen LogP contribution in [0.15, 0.2) is 47.8 Å². The van der Waals surface area contributed by atoms with Crippen molar-refractivity contribution < 1.29 is 4.57 Å². The van der Waals surface area contributed by atoms with Crippen LogP contribution in [0.4, 0.5) is 5.69 Å². The minimum absolute atomic E-state index is 0.690. The van der Waals surface area contributed by atoms with E-state index in [-0.39, 0.29) is 0 Å². The molecule has 2 aromatic heterocycles. The molecule has 1 aromatic carbocycles. The Hall–Kier alpha value is -1.88. The van der Waals surface area contributed by atoms with Crippen LogP contribution in [0.2, 0.25) is 5.02 Å². The maximum atomic E-state index is 6.39. The second-order valence-corrected chi connectivity index (χ2v) is 7.54. The van der Waals surface area contributed by atoms with Crippen molar-refractivity contribution in [3.05, 3.63) is 63.4 Å². The van der Waals surface area contributed by atoms with Crippen LogP contribution in [0.3, 0.4) is 0 Å². The van der Waals surface area contributed by atoms with Gasteiger partial charge < -0.3 is 4.90 Å². The summed E-state index contributed by atoms with van der Waals surface area (Å²) in [6.07, 6.45) is 5.91. The van der Waals surface area contributed by atoms with Crippen LogP contribution < -0.4 is 9.47 Å². The van der Waals surface area contributed by atoms with Gasteiger partial charge in [-0.2, -0.15) is 0 Å². The van der Waals surface area contributed by atoms with Crippen molar-refractivity contribution in [1.29, 1.82) is 0 Å². The molecule has 0 bridgehead atoms. The van der Waals surface area contributed by atoms with E-state index in [4.69, 9.17) is 28.2 Å². The Bertz CT molecular complexity index is 1020. The first-order valence-electron chi connectivity index (χ1n) is 7.40. The predicted molar refractivity (Wildman–Crippen MR) is 102 cm³/mol. The van der Waals surface area contributed by atoms with Crippen molar-refractivity contribution in [2.75, 3.05) is 11.9 Å². The van der Waals surface area contributed by atoms with Gasteiger partial charge in [-0.25, -0.2) is 4.57 Å². The Morgan fingerprint density at radius 2 is 2.04 bits per heavy atom. The fourth-order valence-electron chi connectivity index (χ4n) is 2.84. The second kappa shape index (κ2) is 5.88. The number of rotatable bonds is 1. The molecule has 3 nitrogen and oxygen atoms in total. The van der Waals surface area contributed by atoms with E-state index in [0.29, 0.717) is 10.2 Å². The van der Waals surface area contributed by atoms with Gasteiger partial charge in [-0.05, 0) is 28.8 Å². The van der Waals surface area contributed by atoms with Gasteiger partial charge in [0.1, 0.15) is 16.1 Å². The smallest absolute Gasteiger partial charge is 0.335 e. The first kappa shape index (κ1) is 15.6. The number of thiazole rings is 1. The fourth-order valence-corrected chi connectivity index (χ4v) is 4.38. The lowest BCUT2D eigenvalue weighted by Gasteiger charge is -2.26. The quantitative estimate of drug-likeness (QED) is 0.448. The number of anilines is 1. The number of halogens is 2. The number of hydrogen-bond acceptors (Lipinski definition) is 3. The molecule has 0 unspecified atom stereocenters. The highest BCUT2D eigenvalue weighted by Gasteiger charge is 2.20. The molecule has 0 aliphatic carbocycles. The molecule has 1 aliphatic heterocycles. The number of aryl methyl sites for hydroxylation is 1. The number of hydrogen-bond donors (Lipinski definition) is 0. The monoisotopic (exact) mass is 374 g/mol. The van der Waals surface area contributed by atoms with E-state index in [9.17, 15) is 0 Å². The minimum Gasteiger partial charge on any atom is -0.335 e. The number of benzene rings is 1. The van der Waals surface area contributed by atoms with Crippen LogP contribution >= 0.6 is 34.5 Å². The molecule has 3 heterocycles. The molecule has 0 saturated heterocycles. The SMILES string of the molecule is CN1C(Cl)=C/C(=C\c2nc3c(cc(Cl)c[n+]3C)s2)c2ccccc21. The zero-order chi connectivity index (χ0) is 16.8. The molecule has 24 heavy (non-hydrogen) atoms. The molecular weight excluding hydrogens is 361 g/mol. The second-order valence-electron chi connectivity index (χ2n) is 5.65. The molecule has 0 fully saturated rings. The Kier molecular flexibility index (Phi) is 3.83. The van der Waals surface area contributed by atoms with Crippen molar-refractivity contribution in [3.8, 4) is 0 Å². The van der Waals surface area contributed by atoms with Gasteiger partial charge in [0.25, 0.3) is 0 Å². The Labute approximate surface area is 154 Å². The van der Waals surface area contributed by atoms with Crippen LogP contribution in [0.1, 0.15) is 10.6 Å². The lowest BCUT2D eigenvalue weighted by atomic mass is 10.00. The normalized spacial score (nSPS) is 15.8. The summed E-state index contributed by atoms with van der Waals surface area (Å²) in [6.45, 7) is 0. The van der Waals surface area contributed by atoms with E-state index < -0.39 is 0 Å². The summed E-state index contributed by atoms with van der Waals surface area (Å²) in [5.41, 5.74) is 4.21. The predicted octanol–water partition coefficient (Wildman–Crippen LogP) is 4.84. The molecule has 3 aromatic rings. The molecule has 0 radical (unpaired) electrons. The molecule has 120 valence electrons. The van der Waals surface area contributed by atoms with Gasteiger partial charge in [0.2, 0.25) is 5.01 Å². The molecule has 0 N–H and O–H groups in total. The Balaban J connectivity index is 1.88. The Morgan fingerprint density at radius 3 is 2.88 bits per heavy atom. The molecule has 0 saturated carbocycles. The molecular formula is C18H14Cl2N3S+. The van der Waals surface area contributed by atoms with E-state index in [1.807, 2.05) is 54.0 Å². The summed E-state index contributed by atoms with van der Waals surface area (Å²) < 4.78 is 3.01. The van der Waals surface area contributed by atoms with Crippen molar-refractivity contribution in [2.45, 2.75) is 0 Å². The molecule has 0 atom stereocenters. The molecule has 0 spiro atoms. The summed E-state index contributed by atoms with van der Waals surface area (Å²) in [5, 5.41) is 2.33. The third-order valence-electron chi connectivity index (χ3n) is 4.02. The molecule has 6 heteroatoms. The van der Waals surface area contributed by atoms with Crippen molar-refractivity contribution in [2.24, 2.45) is 7.05 Å². The number of nitrogens with zero attached hydrogens (tertiary/aromatic N) is 3. The van der Waals surface area contributed by atoms with E-state index >= 15 is 0 Å². The zero-order valence-electron chi connectivity index (χ0n) is 13.1. The highest BCUT2D eigenvalue weighted by molar-refractivity contribution is 7.19. The lowest BCUT2D eigenvalue weighted by molar-refractivity contribution is -0.646. The number of allylic oxidation sites excluding steroid dienone is 2. The van der Waals surface area contributed by atoms with Gasteiger partial charge in [-0.1, -0.05) is 52.7 Å². The molecule has 1 aliphatic rings. The van der Waals surface area contributed by atoms with Crippen LogP contribution in [0.5, 0.6) is 0 Å². The first-order valence-corrected chi connectivity index (χ1v) is 8.98. The maximum Gasteiger partial charge on any atom is 0.342 e. The fraction of sp³-hybridized carbons (Fsp3) is 0.111. The first-order chi connectivity index (χ1) is 11.5. The summed E-state index contributed by atoms with van der Waals surface area (Å²) in [4.78, 5) is 6.70. The number of para-hydroxylation sites is 1. The van der Waals surface area contributed by atoms with Crippen LogP contribution in [0.25, 0.3) is 22.0 Å². The van der Waals surface area contributed by atoms with Gasteiger partial charge in [-0.3, -0.25) is 0 Å². The number of aromatic nitrogens is 2. The molecule has 0 amide bonds. The minimum atomic E-state index is 0.690. The average Bonchev–Trinajstić information content (AvgIpc) is 2.95. The average molecular weight is 375 g/mol. The summed E-state index contributed by atoms with van der Waals surface area (Å²) in [6, 6.07) is 10.2. The zero-order valence-corrected chi connectivity index (χ0v) is 15.5. The lowest BCUT2D eigenvalue weighted by Crippen LogP contribution is -2.28. The van der Waals surface area contributed by atoms with E-state index in [1.165, 1.54) is 0 Å². The topological polar surface area (TPSA) is 20.0 Å². The highest BCUT2D eigenvalue weighted by Crippen LogP contribution is 2.37. The van der Waals surface area contributed by atoms with Gasteiger partial charge in [0.05, 0.1) is 12.1 Å². The summed E-state index contributed by atoms with van der Waals surface area (Å²) in [5.74, 6) is 0. The van der Waals surface area contributed by atoms with Crippen molar-refractivity contribution in [1.82, 2.24) is 4.98 Å². The summed E-state index contributed by atoms with van der Waals surface area (Å²) in [7, 11) is 3.92. The van der Waals surface area contributed by atoms with Gasteiger partial charge >= 0.3 is 5.65 Å². The molecule has 4 rings (SSSR count). The third-order valence-corrected chi connectivity index (χ3v) is 5.53. The summed E-state index contributed by atoms with van der Waals surface area (Å²) >= 11 is 14.1. The Morgan fingerprint density at radius 1 is 1.25 bits per heavy atom. The van der Waals surface area contributed by atoms with Crippen molar-refractivity contribution >= 4 is 62.2 Å². The van der Waals surface area contributed by atoms with Crippen molar-refractivity contribution in [3.63, 3.8) is 0 Å². The van der Waals surface area contributed by atoms with Gasteiger partial charge in [0, 0.05) is 24.4 Å². The van der Waals surface area contributed by atoms with Gasteiger partial charge in [-0.15, -0.1) is 0 Å². The standard InChI is InChI=1S/C18H14Cl2N3S/c1-22-10-12(19)9-15-18(22)21-17(24-15)8-11-7-16(20)23(2)14-6-4-3-5-13(11)14/h3-10H,1-2H3/q+1. The maximum absolute atomic E-state index is 6.39. The van der Waals surface area contributed by atoms with E-state index in [1.54, 1.807) is 11.3 Å². The van der Waals surface area contributed by atoms with E-state index in [0.717, 1.165) is 32.2 Å². The number of pyridine rings is 1.